The molecule has 0 atom stereocenters. The molecule has 0 heterocycles. The number of fused-ring (bicyclic) bond motifs is 1. The Morgan fingerprint density at radius 3 is 2.47 bits per heavy atom. The van der Waals surface area contributed by atoms with Gasteiger partial charge in [0.05, 0.1) is 21.3 Å². The SMILES string of the molecule is N#C/C(=C\c1cccc(OC(=O)c2cccc3ccccc23)c1)C(=O)Nc1cccc(Cl)c1Cl. The Morgan fingerprint density at radius 2 is 1.65 bits per heavy atom. The lowest BCUT2D eigenvalue weighted by molar-refractivity contribution is -0.112. The van der Waals surface area contributed by atoms with Crippen molar-refractivity contribution >= 4 is 57.6 Å². The molecule has 0 fully saturated rings. The Balaban J connectivity index is 1.55. The first-order valence-corrected chi connectivity index (χ1v) is 10.9. The summed E-state index contributed by atoms with van der Waals surface area (Å²) in [4.78, 5) is 25.4. The quantitative estimate of drug-likeness (QED) is 0.144. The number of halogens is 2. The van der Waals surface area contributed by atoms with Gasteiger partial charge in [-0.1, -0.05) is 77.8 Å². The number of ether oxygens (including phenoxy) is 1. The summed E-state index contributed by atoms with van der Waals surface area (Å²) in [6.45, 7) is 0. The number of anilines is 1. The first-order chi connectivity index (χ1) is 16.5. The number of nitrogens with one attached hydrogen (secondary N) is 1. The van der Waals surface area contributed by atoms with Crippen LogP contribution in [0, 0.1) is 11.3 Å². The molecule has 166 valence electrons. The number of benzene rings is 4. The Hall–Kier alpha value is -4.11. The molecule has 0 unspecified atom stereocenters. The lowest BCUT2D eigenvalue weighted by Gasteiger charge is -2.09. The third-order valence-electron chi connectivity index (χ3n) is 4.95. The molecular weight excluding hydrogens is 471 g/mol. The molecule has 0 aliphatic heterocycles. The van der Waals surface area contributed by atoms with Crippen molar-refractivity contribution < 1.29 is 14.3 Å². The van der Waals surface area contributed by atoms with Crippen LogP contribution in [0.4, 0.5) is 5.69 Å². The van der Waals surface area contributed by atoms with Crippen LogP contribution in [-0.4, -0.2) is 11.9 Å². The largest absolute Gasteiger partial charge is 0.423 e. The minimum Gasteiger partial charge on any atom is -0.423 e. The summed E-state index contributed by atoms with van der Waals surface area (Å²) in [6.07, 6.45) is 1.39. The molecule has 0 bridgehead atoms. The van der Waals surface area contributed by atoms with Crippen LogP contribution in [-0.2, 0) is 4.79 Å². The number of nitrogens with zero attached hydrogens (tertiary/aromatic N) is 1. The predicted octanol–water partition coefficient (Wildman–Crippen LogP) is 6.91. The van der Waals surface area contributed by atoms with Gasteiger partial charge in [-0.05, 0) is 52.7 Å². The summed E-state index contributed by atoms with van der Waals surface area (Å²) in [6, 6.07) is 26.2. The van der Waals surface area contributed by atoms with Gasteiger partial charge in [-0.3, -0.25) is 4.79 Å². The molecule has 4 aromatic rings. The van der Waals surface area contributed by atoms with Gasteiger partial charge in [0.15, 0.2) is 0 Å². The summed E-state index contributed by atoms with van der Waals surface area (Å²) in [5.41, 5.74) is 1.08. The van der Waals surface area contributed by atoms with Crippen LogP contribution in [0.3, 0.4) is 0 Å². The number of amides is 1. The van der Waals surface area contributed by atoms with Crippen molar-refractivity contribution in [3.63, 3.8) is 0 Å². The second-order valence-corrected chi connectivity index (χ2v) is 8.00. The van der Waals surface area contributed by atoms with E-state index in [4.69, 9.17) is 27.9 Å². The molecule has 0 radical (unpaired) electrons. The third-order valence-corrected chi connectivity index (χ3v) is 5.77. The summed E-state index contributed by atoms with van der Waals surface area (Å²) in [7, 11) is 0. The maximum Gasteiger partial charge on any atom is 0.344 e. The molecule has 0 aliphatic rings. The molecule has 34 heavy (non-hydrogen) atoms. The van der Waals surface area contributed by atoms with Crippen LogP contribution >= 0.6 is 23.2 Å². The van der Waals surface area contributed by atoms with Gasteiger partial charge in [-0.15, -0.1) is 0 Å². The third kappa shape index (κ3) is 5.10. The van der Waals surface area contributed by atoms with Gasteiger partial charge in [0.25, 0.3) is 5.91 Å². The second-order valence-electron chi connectivity index (χ2n) is 7.21. The summed E-state index contributed by atoms with van der Waals surface area (Å²) >= 11 is 12.1. The fourth-order valence-corrected chi connectivity index (χ4v) is 3.69. The molecule has 0 saturated heterocycles. The predicted molar refractivity (Wildman–Crippen MR) is 134 cm³/mol. The standard InChI is InChI=1S/C27H16Cl2N2O3/c28-23-12-5-13-24(25(23)29)31-26(32)19(16-30)14-17-6-3-9-20(15-17)34-27(33)22-11-4-8-18-7-1-2-10-21(18)22/h1-15H,(H,31,32)/b19-14+. The Bertz CT molecular complexity index is 1480. The van der Waals surface area contributed by atoms with E-state index in [1.807, 2.05) is 36.4 Å². The van der Waals surface area contributed by atoms with Gasteiger partial charge >= 0.3 is 5.97 Å². The second kappa shape index (κ2) is 10.2. The van der Waals surface area contributed by atoms with Crippen LogP contribution in [0.2, 0.25) is 10.0 Å². The van der Waals surface area contributed by atoms with Crippen LogP contribution in [0.25, 0.3) is 16.8 Å². The fraction of sp³-hybridized carbons (Fsp3) is 0. The number of hydrogen-bond donors (Lipinski definition) is 1. The Morgan fingerprint density at radius 1 is 0.912 bits per heavy atom. The van der Waals surface area contributed by atoms with Crippen molar-refractivity contribution in [2.45, 2.75) is 0 Å². The first kappa shape index (κ1) is 23.1. The van der Waals surface area contributed by atoms with E-state index in [9.17, 15) is 14.9 Å². The average molecular weight is 487 g/mol. The van der Waals surface area contributed by atoms with Gasteiger partial charge in [0.1, 0.15) is 17.4 Å². The highest BCUT2D eigenvalue weighted by atomic mass is 35.5. The molecule has 1 N–H and O–H groups in total. The molecule has 0 aliphatic carbocycles. The monoisotopic (exact) mass is 486 g/mol. The maximum absolute atomic E-state index is 12.8. The Labute approximate surface area is 205 Å². The van der Waals surface area contributed by atoms with E-state index in [1.165, 1.54) is 6.08 Å². The normalized spacial score (nSPS) is 11.0. The van der Waals surface area contributed by atoms with Crippen molar-refractivity contribution in [1.29, 1.82) is 5.26 Å². The van der Waals surface area contributed by atoms with Crippen molar-refractivity contribution in [1.82, 2.24) is 0 Å². The van der Waals surface area contributed by atoms with Gasteiger partial charge in [-0.25, -0.2) is 4.79 Å². The molecule has 4 aromatic carbocycles. The number of carbonyl (C=O) groups excluding carboxylic acids is 2. The van der Waals surface area contributed by atoms with Crippen molar-refractivity contribution in [3.8, 4) is 11.8 Å². The number of nitriles is 1. The summed E-state index contributed by atoms with van der Waals surface area (Å²) < 4.78 is 5.57. The van der Waals surface area contributed by atoms with E-state index >= 15 is 0 Å². The average Bonchev–Trinajstić information content (AvgIpc) is 2.85. The highest BCUT2D eigenvalue weighted by Crippen LogP contribution is 2.30. The molecule has 0 saturated carbocycles. The molecular formula is C27H16Cl2N2O3. The smallest absolute Gasteiger partial charge is 0.344 e. The Kier molecular flexibility index (Phi) is 6.93. The fourth-order valence-electron chi connectivity index (χ4n) is 3.34. The van der Waals surface area contributed by atoms with Gasteiger partial charge in [0, 0.05) is 0 Å². The van der Waals surface area contributed by atoms with E-state index in [2.05, 4.69) is 5.32 Å². The maximum atomic E-state index is 12.8. The van der Waals surface area contributed by atoms with E-state index in [0.29, 0.717) is 11.1 Å². The van der Waals surface area contributed by atoms with E-state index in [1.54, 1.807) is 54.6 Å². The zero-order valence-corrected chi connectivity index (χ0v) is 19.1. The van der Waals surface area contributed by atoms with Crippen LogP contribution in [0.5, 0.6) is 5.75 Å². The molecule has 0 aromatic heterocycles. The van der Waals surface area contributed by atoms with Crippen LogP contribution in [0.15, 0.2) is 90.5 Å². The van der Waals surface area contributed by atoms with Crippen molar-refractivity contribution in [3.05, 3.63) is 112 Å². The molecule has 0 spiro atoms. The summed E-state index contributed by atoms with van der Waals surface area (Å²) in [5.74, 6) is -0.876. The number of carbonyl (C=O) groups is 2. The van der Waals surface area contributed by atoms with E-state index < -0.39 is 11.9 Å². The lowest BCUT2D eigenvalue weighted by atomic mass is 10.0. The lowest BCUT2D eigenvalue weighted by Crippen LogP contribution is -2.13. The van der Waals surface area contributed by atoms with Crippen LogP contribution < -0.4 is 10.1 Å². The van der Waals surface area contributed by atoms with Crippen LogP contribution in [0.1, 0.15) is 15.9 Å². The van der Waals surface area contributed by atoms with Crippen molar-refractivity contribution in [2.24, 2.45) is 0 Å². The molecule has 1 amide bonds. The highest BCUT2D eigenvalue weighted by molar-refractivity contribution is 6.44. The molecule has 4 rings (SSSR count). The zero-order valence-electron chi connectivity index (χ0n) is 17.6. The van der Waals surface area contributed by atoms with E-state index in [-0.39, 0.29) is 27.1 Å². The minimum atomic E-state index is -0.648. The topological polar surface area (TPSA) is 79.2 Å². The van der Waals surface area contributed by atoms with Gasteiger partial charge in [0.2, 0.25) is 0 Å². The van der Waals surface area contributed by atoms with Crippen molar-refractivity contribution in [2.75, 3.05) is 5.32 Å². The number of esters is 1. The number of hydrogen-bond acceptors (Lipinski definition) is 4. The number of rotatable bonds is 5. The minimum absolute atomic E-state index is 0.159. The summed E-state index contributed by atoms with van der Waals surface area (Å²) in [5, 5.41) is 14.2. The highest BCUT2D eigenvalue weighted by Gasteiger charge is 2.15. The first-order valence-electron chi connectivity index (χ1n) is 10.1. The van der Waals surface area contributed by atoms with Gasteiger partial charge < -0.3 is 10.1 Å². The molecule has 5 nitrogen and oxygen atoms in total. The molecule has 7 heteroatoms. The zero-order chi connectivity index (χ0) is 24.1. The van der Waals surface area contributed by atoms with Gasteiger partial charge in [-0.2, -0.15) is 5.26 Å². The van der Waals surface area contributed by atoms with E-state index in [0.717, 1.165) is 10.8 Å².